The lowest BCUT2D eigenvalue weighted by Gasteiger charge is -2.18. The van der Waals surface area contributed by atoms with Crippen molar-refractivity contribution in [1.82, 2.24) is 0 Å². The minimum atomic E-state index is -0.00231. The average molecular weight is 170 g/mol. The van der Waals surface area contributed by atoms with Gasteiger partial charge in [-0.2, -0.15) is 0 Å². The van der Waals surface area contributed by atoms with Gasteiger partial charge in [0.05, 0.1) is 16.8 Å². The molecule has 13 heavy (non-hydrogen) atoms. The molecule has 2 nitrogen and oxygen atoms in total. The Labute approximate surface area is 77.1 Å². The fourth-order valence-electron chi connectivity index (χ4n) is 2.21. The Bertz CT molecular complexity index is 403. The van der Waals surface area contributed by atoms with Gasteiger partial charge in [-0.1, -0.05) is 0 Å². The van der Waals surface area contributed by atoms with Crippen LogP contribution in [-0.4, -0.2) is 11.4 Å². The van der Waals surface area contributed by atoms with Crippen molar-refractivity contribution in [2.45, 2.75) is 13.8 Å². The van der Waals surface area contributed by atoms with Crippen LogP contribution in [0.4, 0.5) is 0 Å². The smallest absolute Gasteiger partial charge is 0.0599 e. The third-order valence-corrected chi connectivity index (χ3v) is 2.87. The molecule has 0 aromatic heterocycles. The first-order valence-electron chi connectivity index (χ1n) is 4.46. The van der Waals surface area contributed by atoms with E-state index in [4.69, 9.17) is 0 Å². The zero-order valence-corrected chi connectivity index (χ0v) is 7.70. The fourth-order valence-corrected chi connectivity index (χ4v) is 2.21. The van der Waals surface area contributed by atoms with E-state index in [-0.39, 0.29) is 5.41 Å². The Morgan fingerprint density at radius 3 is 1.85 bits per heavy atom. The van der Waals surface area contributed by atoms with E-state index in [1.807, 2.05) is 12.4 Å². The number of allylic oxidation sites excluding steroid dienone is 4. The Balaban J connectivity index is 2.34. The summed E-state index contributed by atoms with van der Waals surface area (Å²) in [5.74, 6) is 0. The highest BCUT2D eigenvalue weighted by Crippen LogP contribution is 2.42. The summed E-state index contributed by atoms with van der Waals surface area (Å²) >= 11 is 0. The molecular formula is C11H10N2. The molecule has 0 atom stereocenters. The maximum absolute atomic E-state index is 4.40. The first-order chi connectivity index (χ1) is 6.21. The molecule has 3 rings (SSSR count). The van der Waals surface area contributed by atoms with Gasteiger partial charge < -0.3 is 0 Å². The monoisotopic (exact) mass is 170 g/mol. The second kappa shape index (κ2) is 1.90. The van der Waals surface area contributed by atoms with Crippen LogP contribution in [0.5, 0.6) is 0 Å². The van der Waals surface area contributed by atoms with Gasteiger partial charge in [0.15, 0.2) is 0 Å². The van der Waals surface area contributed by atoms with E-state index in [9.17, 15) is 0 Å². The summed E-state index contributed by atoms with van der Waals surface area (Å²) in [7, 11) is 0. The van der Waals surface area contributed by atoms with Crippen molar-refractivity contribution in [2.75, 3.05) is 0 Å². The average Bonchev–Trinajstić information content (AvgIpc) is 2.74. The zero-order valence-electron chi connectivity index (χ0n) is 7.70. The van der Waals surface area contributed by atoms with Gasteiger partial charge in [0.1, 0.15) is 0 Å². The number of aliphatic imine (C=N–C) groups is 2. The van der Waals surface area contributed by atoms with Crippen LogP contribution in [-0.2, 0) is 0 Å². The third kappa shape index (κ3) is 0.648. The van der Waals surface area contributed by atoms with E-state index in [1.165, 1.54) is 22.6 Å². The number of hydrogen-bond acceptors (Lipinski definition) is 2. The highest BCUT2D eigenvalue weighted by Gasteiger charge is 2.43. The first kappa shape index (κ1) is 7.01. The number of rotatable bonds is 0. The summed E-state index contributed by atoms with van der Waals surface area (Å²) in [5.41, 5.74) is 4.86. The van der Waals surface area contributed by atoms with Gasteiger partial charge in [0.25, 0.3) is 0 Å². The van der Waals surface area contributed by atoms with E-state index in [0.29, 0.717) is 0 Å². The van der Waals surface area contributed by atoms with Crippen molar-refractivity contribution in [2.24, 2.45) is 15.4 Å². The van der Waals surface area contributed by atoms with Crippen LogP contribution in [0.3, 0.4) is 0 Å². The van der Waals surface area contributed by atoms with E-state index in [0.717, 1.165) is 0 Å². The van der Waals surface area contributed by atoms with Gasteiger partial charge in [0.2, 0.25) is 0 Å². The molecule has 0 fully saturated rings. The lowest BCUT2D eigenvalue weighted by atomic mass is 9.85. The van der Waals surface area contributed by atoms with Crippen molar-refractivity contribution in [3.63, 3.8) is 0 Å². The Kier molecular flexibility index (Phi) is 1.02. The topological polar surface area (TPSA) is 24.7 Å². The molecule has 0 N–H and O–H groups in total. The summed E-state index contributed by atoms with van der Waals surface area (Å²) in [6.45, 7) is 4.36. The molecule has 2 aliphatic heterocycles. The maximum atomic E-state index is 4.40. The Morgan fingerprint density at radius 2 is 1.38 bits per heavy atom. The summed E-state index contributed by atoms with van der Waals surface area (Å²) in [6, 6.07) is 0. The number of hydrogen-bond donors (Lipinski definition) is 0. The largest absolute Gasteiger partial charge is 0.260 e. The van der Waals surface area contributed by atoms with Crippen molar-refractivity contribution < 1.29 is 0 Å². The molecule has 0 bridgehead atoms. The Hall–Kier alpha value is -1.44. The van der Waals surface area contributed by atoms with E-state index < -0.39 is 0 Å². The van der Waals surface area contributed by atoms with Gasteiger partial charge in [-0.05, 0) is 26.0 Å². The summed E-state index contributed by atoms with van der Waals surface area (Å²) in [4.78, 5) is 8.79. The van der Waals surface area contributed by atoms with Crippen molar-refractivity contribution in [3.8, 4) is 0 Å². The standard InChI is InChI=1S/C11H10N2/c1-11(2)9-7(3-5-12-9)8-4-6-13-10(8)11/h3-6H,1-2H3. The molecule has 0 saturated heterocycles. The van der Waals surface area contributed by atoms with E-state index in [2.05, 4.69) is 36.0 Å². The second-order valence-corrected chi connectivity index (χ2v) is 4.04. The summed E-state index contributed by atoms with van der Waals surface area (Å²) in [6.07, 6.45) is 7.90. The maximum Gasteiger partial charge on any atom is 0.0599 e. The fraction of sp³-hybridized carbons (Fsp3) is 0.273. The molecule has 1 aliphatic carbocycles. The van der Waals surface area contributed by atoms with Crippen LogP contribution < -0.4 is 0 Å². The molecule has 0 aromatic rings. The third-order valence-electron chi connectivity index (χ3n) is 2.87. The van der Waals surface area contributed by atoms with Crippen molar-refractivity contribution >= 4 is 11.4 Å². The minimum Gasteiger partial charge on any atom is -0.260 e. The van der Waals surface area contributed by atoms with Crippen LogP contribution in [0.25, 0.3) is 0 Å². The Morgan fingerprint density at radius 1 is 0.923 bits per heavy atom. The predicted octanol–water partition coefficient (Wildman–Crippen LogP) is 2.26. The van der Waals surface area contributed by atoms with E-state index in [1.54, 1.807) is 0 Å². The zero-order chi connectivity index (χ0) is 9.05. The normalized spacial score (nSPS) is 26.3. The molecule has 0 unspecified atom stereocenters. The molecule has 3 aliphatic rings. The number of nitrogens with zero attached hydrogens (tertiary/aromatic N) is 2. The SMILES string of the molecule is CC1(C)C2=NC=CC2=C2C=CN=C21. The van der Waals surface area contributed by atoms with Gasteiger partial charge in [-0.25, -0.2) is 0 Å². The molecule has 2 heteroatoms. The van der Waals surface area contributed by atoms with Gasteiger partial charge >= 0.3 is 0 Å². The van der Waals surface area contributed by atoms with E-state index >= 15 is 0 Å². The first-order valence-corrected chi connectivity index (χ1v) is 4.46. The van der Waals surface area contributed by atoms with Crippen LogP contribution >= 0.6 is 0 Å². The summed E-state index contributed by atoms with van der Waals surface area (Å²) in [5, 5.41) is 0. The van der Waals surface area contributed by atoms with Gasteiger partial charge in [-0.15, -0.1) is 0 Å². The minimum absolute atomic E-state index is 0.00231. The van der Waals surface area contributed by atoms with Crippen LogP contribution in [0.15, 0.2) is 45.7 Å². The highest BCUT2D eigenvalue weighted by molar-refractivity contribution is 6.34. The van der Waals surface area contributed by atoms with Gasteiger partial charge in [0, 0.05) is 23.5 Å². The van der Waals surface area contributed by atoms with Crippen LogP contribution in [0.2, 0.25) is 0 Å². The lowest BCUT2D eigenvalue weighted by Crippen LogP contribution is -2.26. The molecule has 0 aromatic carbocycles. The molecule has 0 saturated carbocycles. The molecular weight excluding hydrogens is 160 g/mol. The molecule has 64 valence electrons. The van der Waals surface area contributed by atoms with Crippen molar-refractivity contribution in [3.05, 3.63) is 35.7 Å². The van der Waals surface area contributed by atoms with Crippen LogP contribution in [0, 0.1) is 5.41 Å². The molecule has 0 amide bonds. The second-order valence-electron chi connectivity index (χ2n) is 4.04. The van der Waals surface area contributed by atoms with Crippen LogP contribution in [0.1, 0.15) is 13.8 Å². The molecule has 2 heterocycles. The highest BCUT2D eigenvalue weighted by atomic mass is 14.8. The lowest BCUT2D eigenvalue weighted by molar-refractivity contribution is 0.742. The van der Waals surface area contributed by atoms with Crippen molar-refractivity contribution in [1.29, 1.82) is 0 Å². The predicted molar refractivity (Wildman–Crippen MR) is 54.0 cm³/mol. The summed E-state index contributed by atoms with van der Waals surface area (Å²) < 4.78 is 0. The number of fused-ring (bicyclic) bond motifs is 2. The molecule has 0 radical (unpaired) electrons. The quantitative estimate of drug-likeness (QED) is 0.532. The molecule has 0 spiro atoms. The van der Waals surface area contributed by atoms with Gasteiger partial charge in [-0.3, -0.25) is 9.98 Å².